The molecular formula is C51H40N4O8. The fraction of sp³-hybridized carbons (Fsp3) is 0.0588. The van der Waals surface area contributed by atoms with E-state index in [-0.39, 0.29) is 24.7 Å². The van der Waals surface area contributed by atoms with Crippen molar-refractivity contribution < 1.29 is 38.5 Å². The molecule has 12 heteroatoms. The molecule has 8 aromatic rings. The number of phenols is 1. The summed E-state index contributed by atoms with van der Waals surface area (Å²) in [6.07, 6.45) is 0. The zero-order chi connectivity index (χ0) is 43.7. The van der Waals surface area contributed by atoms with E-state index in [1.807, 2.05) is 60.7 Å². The minimum Gasteiger partial charge on any atom is -0.508 e. The highest BCUT2D eigenvalue weighted by Crippen LogP contribution is 2.37. The first-order valence-electron chi connectivity index (χ1n) is 19.9. The van der Waals surface area contributed by atoms with Crippen molar-refractivity contribution in [1.29, 1.82) is 0 Å². The Labute approximate surface area is 362 Å². The third-order valence-corrected chi connectivity index (χ3v) is 10.0. The Morgan fingerprint density at radius 2 is 1.06 bits per heavy atom. The van der Waals surface area contributed by atoms with E-state index in [1.54, 1.807) is 104 Å². The predicted molar refractivity (Wildman–Crippen MR) is 243 cm³/mol. The molecule has 312 valence electrons. The summed E-state index contributed by atoms with van der Waals surface area (Å²) in [7, 11) is 1.57. The van der Waals surface area contributed by atoms with Crippen LogP contribution in [0.5, 0.6) is 34.5 Å². The number of fused-ring (bicyclic) bond motifs is 2. The normalized spacial score (nSPS) is 10.7. The van der Waals surface area contributed by atoms with Crippen molar-refractivity contribution in [2.75, 3.05) is 30.8 Å². The minimum atomic E-state index is -0.484. The van der Waals surface area contributed by atoms with Gasteiger partial charge in [-0.25, -0.2) is 0 Å². The lowest BCUT2D eigenvalue weighted by Gasteiger charge is -2.16. The van der Waals surface area contributed by atoms with Gasteiger partial charge in [-0.15, -0.1) is 0 Å². The molecule has 12 nitrogen and oxygen atoms in total. The van der Waals surface area contributed by atoms with Gasteiger partial charge in [-0.05, 0) is 112 Å². The second-order valence-electron chi connectivity index (χ2n) is 14.3. The number of hydrogen-bond donors (Lipinski definition) is 5. The Morgan fingerprint density at radius 3 is 1.79 bits per heavy atom. The van der Waals surface area contributed by atoms with Gasteiger partial charge in [0.1, 0.15) is 23.0 Å². The second kappa shape index (κ2) is 18.7. The van der Waals surface area contributed by atoms with E-state index < -0.39 is 17.7 Å². The van der Waals surface area contributed by atoms with Crippen LogP contribution in [-0.2, 0) is 9.59 Å². The molecule has 0 atom stereocenters. The smallest absolute Gasteiger partial charge is 0.252 e. The largest absolute Gasteiger partial charge is 0.508 e. The maximum Gasteiger partial charge on any atom is 0.252 e. The van der Waals surface area contributed by atoms with Gasteiger partial charge in [-0.3, -0.25) is 19.2 Å². The standard InChI is InChI=1S/C51H40N4O8/c1-61-37-21-23-38(24-22-37)62-47-28-33(20-25-45(47)55-49(58)30-52-50(59)42-17-8-12-32-10-2-4-15-40(32)42)35-26-34-11-3-5-16-41(34)43(27-35)51(60)53-31-48(57)54-44-18-6-7-19-46(44)63-39-14-9-13-36(56)29-39/h2-29,56H,30-31H2,1H3,(H,52,59)(H,53,60)(H,54,57)(H,55,58). The van der Waals surface area contributed by atoms with Gasteiger partial charge in [0.05, 0.1) is 31.6 Å². The van der Waals surface area contributed by atoms with E-state index in [2.05, 4.69) is 21.3 Å². The first-order valence-corrected chi connectivity index (χ1v) is 19.9. The molecule has 0 fully saturated rings. The highest BCUT2D eigenvalue weighted by Gasteiger charge is 2.18. The van der Waals surface area contributed by atoms with Gasteiger partial charge in [0.2, 0.25) is 11.8 Å². The molecule has 63 heavy (non-hydrogen) atoms. The van der Waals surface area contributed by atoms with Crippen molar-refractivity contribution in [3.63, 3.8) is 0 Å². The summed E-state index contributed by atoms with van der Waals surface area (Å²) < 4.78 is 17.6. The van der Waals surface area contributed by atoms with Gasteiger partial charge in [0.25, 0.3) is 11.8 Å². The molecule has 8 rings (SSSR count). The number of carbonyl (C=O) groups is 4. The Bertz CT molecular complexity index is 3000. The number of phenolic OH excluding ortho intramolecular Hbond substituents is 1. The molecule has 0 bridgehead atoms. The fourth-order valence-electron chi connectivity index (χ4n) is 6.98. The van der Waals surface area contributed by atoms with Gasteiger partial charge in [0, 0.05) is 17.2 Å². The summed E-state index contributed by atoms with van der Waals surface area (Å²) in [5.74, 6) is 0.359. The number of rotatable bonds is 14. The molecule has 0 unspecified atom stereocenters. The van der Waals surface area contributed by atoms with E-state index in [1.165, 1.54) is 12.1 Å². The highest BCUT2D eigenvalue weighted by atomic mass is 16.5. The van der Waals surface area contributed by atoms with Crippen LogP contribution < -0.4 is 35.5 Å². The van der Waals surface area contributed by atoms with Crippen molar-refractivity contribution in [2.45, 2.75) is 0 Å². The summed E-state index contributed by atoms with van der Waals surface area (Å²) in [6, 6.07) is 49.4. The number of para-hydroxylation sites is 2. The Balaban J connectivity index is 1.01. The first kappa shape index (κ1) is 41.1. The van der Waals surface area contributed by atoms with Crippen molar-refractivity contribution in [3.05, 3.63) is 181 Å². The van der Waals surface area contributed by atoms with Crippen molar-refractivity contribution >= 4 is 56.5 Å². The van der Waals surface area contributed by atoms with Gasteiger partial charge in [-0.2, -0.15) is 0 Å². The van der Waals surface area contributed by atoms with Crippen LogP contribution in [0.2, 0.25) is 0 Å². The number of amides is 4. The lowest BCUT2D eigenvalue weighted by Crippen LogP contribution is -2.33. The summed E-state index contributed by atoms with van der Waals surface area (Å²) in [5.41, 5.74) is 2.85. The summed E-state index contributed by atoms with van der Waals surface area (Å²) in [4.78, 5) is 53.6. The second-order valence-corrected chi connectivity index (χ2v) is 14.3. The molecule has 8 aromatic carbocycles. The van der Waals surface area contributed by atoms with Crippen LogP contribution in [0, 0.1) is 0 Å². The lowest BCUT2D eigenvalue weighted by molar-refractivity contribution is -0.116. The first-order chi connectivity index (χ1) is 30.7. The molecule has 0 saturated carbocycles. The number of anilines is 2. The van der Waals surface area contributed by atoms with Crippen LogP contribution >= 0.6 is 0 Å². The fourth-order valence-corrected chi connectivity index (χ4v) is 6.98. The van der Waals surface area contributed by atoms with Gasteiger partial charge < -0.3 is 40.6 Å². The molecule has 0 heterocycles. The topological polar surface area (TPSA) is 164 Å². The number of aromatic hydroxyl groups is 1. The molecule has 4 amide bonds. The molecule has 5 N–H and O–H groups in total. The maximum atomic E-state index is 13.9. The molecule has 0 aliphatic rings. The van der Waals surface area contributed by atoms with Crippen molar-refractivity contribution in [2.24, 2.45) is 0 Å². The number of carbonyl (C=O) groups excluding carboxylic acids is 4. The summed E-state index contributed by atoms with van der Waals surface area (Å²) >= 11 is 0. The Kier molecular flexibility index (Phi) is 12.2. The maximum absolute atomic E-state index is 13.9. The minimum absolute atomic E-state index is 0.0356. The molecule has 0 aliphatic carbocycles. The van der Waals surface area contributed by atoms with E-state index >= 15 is 0 Å². The van der Waals surface area contributed by atoms with Crippen LogP contribution in [0.1, 0.15) is 20.7 Å². The van der Waals surface area contributed by atoms with Crippen molar-refractivity contribution in [1.82, 2.24) is 10.6 Å². The van der Waals surface area contributed by atoms with Crippen LogP contribution in [0.15, 0.2) is 170 Å². The summed E-state index contributed by atoms with van der Waals surface area (Å²) in [6.45, 7) is -0.638. The van der Waals surface area contributed by atoms with Crippen LogP contribution in [0.25, 0.3) is 32.7 Å². The SMILES string of the molecule is COc1ccc(Oc2cc(-c3cc(C(=O)NCC(=O)Nc4ccccc4Oc4cccc(O)c4)c4ccccc4c3)ccc2NC(=O)CNC(=O)c2cccc3ccccc23)cc1. The zero-order valence-electron chi connectivity index (χ0n) is 33.9. The summed E-state index contributed by atoms with van der Waals surface area (Å²) in [5, 5.41) is 24.1. The molecule has 0 spiro atoms. The molecule has 0 aliphatic heterocycles. The van der Waals surface area contributed by atoms with Crippen LogP contribution in [-0.4, -0.2) is 48.9 Å². The number of ether oxygens (including phenoxy) is 3. The monoisotopic (exact) mass is 836 g/mol. The Morgan fingerprint density at radius 1 is 0.476 bits per heavy atom. The third kappa shape index (κ3) is 9.88. The van der Waals surface area contributed by atoms with E-state index in [9.17, 15) is 24.3 Å². The van der Waals surface area contributed by atoms with Crippen LogP contribution in [0.3, 0.4) is 0 Å². The van der Waals surface area contributed by atoms with Gasteiger partial charge in [-0.1, -0.05) is 84.9 Å². The van der Waals surface area contributed by atoms with E-state index in [0.717, 1.165) is 16.2 Å². The number of methoxy groups -OCH3 is 1. The van der Waals surface area contributed by atoms with E-state index in [4.69, 9.17) is 14.2 Å². The van der Waals surface area contributed by atoms with Gasteiger partial charge >= 0.3 is 0 Å². The Hall–Kier alpha value is -8.64. The van der Waals surface area contributed by atoms with Crippen molar-refractivity contribution in [3.8, 4) is 45.6 Å². The lowest BCUT2D eigenvalue weighted by atomic mass is 9.96. The van der Waals surface area contributed by atoms with Crippen LogP contribution in [0.4, 0.5) is 11.4 Å². The molecule has 0 saturated heterocycles. The molecule has 0 radical (unpaired) electrons. The highest BCUT2D eigenvalue weighted by molar-refractivity contribution is 6.11. The zero-order valence-corrected chi connectivity index (χ0v) is 33.9. The molecular weight excluding hydrogens is 797 g/mol. The number of hydrogen-bond acceptors (Lipinski definition) is 8. The number of nitrogens with one attached hydrogen (secondary N) is 4. The average molecular weight is 837 g/mol. The molecule has 0 aromatic heterocycles. The average Bonchev–Trinajstić information content (AvgIpc) is 3.31. The van der Waals surface area contributed by atoms with Gasteiger partial charge in [0.15, 0.2) is 11.5 Å². The predicted octanol–water partition coefficient (Wildman–Crippen LogP) is 9.70. The third-order valence-electron chi connectivity index (χ3n) is 10.0. The number of benzene rings is 8. The van der Waals surface area contributed by atoms with E-state index in [0.29, 0.717) is 67.8 Å². The quantitative estimate of drug-likeness (QED) is 0.0723.